The normalized spacial score (nSPS) is 11.0. The Morgan fingerprint density at radius 1 is 1.19 bits per heavy atom. The Morgan fingerprint density at radius 3 is 2.62 bits per heavy atom. The van der Waals surface area contributed by atoms with Gasteiger partial charge in [-0.15, -0.1) is 6.58 Å². The smallest absolute Gasteiger partial charge is 0.141 e. The number of hydrogen-bond acceptors (Lipinski definition) is 2. The summed E-state index contributed by atoms with van der Waals surface area (Å²) in [5, 5.41) is 0.691. The fourth-order valence-electron chi connectivity index (χ4n) is 2.43. The van der Waals surface area contributed by atoms with Gasteiger partial charge >= 0.3 is 0 Å². The number of rotatable bonds is 4. The molecule has 3 nitrogen and oxygen atoms in total. The molecule has 0 radical (unpaired) electrons. The molecule has 0 saturated heterocycles. The molecule has 21 heavy (non-hydrogen) atoms. The molecule has 3 rings (SSSR count). The summed E-state index contributed by atoms with van der Waals surface area (Å²) < 4.78 is 2.14. The van der Waals surface area contributed by atoms with E-state index in [2.05, 4.69) is 11.1 Å². The highest BCUT2D eigenvalue weighted by molar-refractivity contribution is 6.31. The van der Waals surface area contributed by atoms with Crippen LogP contribution in [0, 0.1) is 0 Å². The monoisotopic (exact) mass is 297 g/mol. The van der Waals surface area contributed by atoms with Crippen molar-refractivity contribution in [1.82, 2.24) is 9.55 Å². The second-order valence-electron chi connectivity index (χ2n) is 4.87. The highest BCUT2D eigenvalue weighted by atomic mass is 35.5. The lowest BCUT2D eigenvalue weighted by atomic mass is 10.1. The van der Waals surface area contributed by atoms with Gasteiger partial charge in [0.1, 0.15) is 5.82 Å². The first-order valence-corrected chi connectivity index (χ1v) is 7.17. The van der Waals surface area contributed by atoms with Crippen LogP contribution in [0.15, 0.2) is 55.1 Å². The molecule has 0 aliphatic rings. The van der Waals surface area contributed by atoms with Crippen LogP contribution in [-0.4, -0.2) is 9.55 Å². The molecule has 0 atom stereocenters. The van der Waals surface area contributed by atoms with Crippen molar-refractivity contribution < 1.29 is 0 Å². The molecule has 0 unspecified atom stereocenters. The van der Waals surface area contributed by atoms with Gasteiger partial charge in [0.15, 0.2) is 0 Å². The summed E-state index contributed by atoms with van der Waals surface area (Å²) in [4.78, 5) is 4.72. The molecule has 4 heteroatoms. The van der Waals surface area contributed by atoms with Crippen LogP contribution in [0.2, 0.25) is 5.02 Å². The predicted molar refractivity (Wildman–Crippen MR) is 88.3 cm³/mol. The number of aromatic nitrogens is 2. The first-order valence-electron chi connectivity index (χ1n) is 6.79. The molecular weight excluding hydrogens is 282 g/mol. The molecule has 0 bridgehead atoms. The molecule has 3 aromatic rings. The average Bonchev–Trinajstić information content (AvgIpc) is 2.85. The number of fused-ring (bicyclic) bond motifs is 1. The summed E-state index contributed by atoms with van der Waals surface area (Å²) in [6, 6.07) is 13.9. The van der Waals surface area contributed by atoms with Crippen LogP contribution < -0.4 is 5.73 Å². The van der Waals surface area contributed by atoms with Crippen molar-refractivity contribution in [2.24, 2.45) is 5.73 Å². The van der Waals surface area contributed by atoms with Crippen molar-refractivity contribution in [2.75, 3.05) is 0 Å². The van der Waals surface area contributed by atoms with Gasteiger partial charge in [0, 0.05) is 23.7 Å². The molecule has 0 saturated carbocycles. The van der Waals surface area contributed by atoms with Crippen molar-refractivity contribution in [1.29, 1.82) is 0 Å². The summed E-state index contributed by atoms with van der Waals surface area (Å²) in [7, 11) is 0. The third-order valence-electron chi connectivity index (χ3n) is 3.47. The van der Waals surface area contributed by atoms with E-state index in [0.29, 0.717) is 18.1 Å². The van der Waals surface area contributed by atoms with Crippen molar-refractivity contribution in [2.45, 2.75) is 13.1 Å². The summed E-state index contributed by atoms with van der Waals surface area (Å²) in [5.41, 5.74) is 9.75. The van der Waals surface area contributed by atoms with Gasteiger partial charge < -0.3 is 10.3 Å². The van der Waals surface area contributed by atoms with E-state index in [9.17, 15) is 0 Å². The maximum Gasteiger partial charge on any atom is 0.141 e. The van der Waals surface area contributed by atoms with Crippen molar-refractivity contribution in [3.8, 4) is 11.4 Å². The fraction of sp³-hybridized carbons (Fsp3) is 0.118. The van der Waals surface area contributed by atoms with E-state index >= 15 is 0 Å². The van der Waals surface area contributed by atoms with Crippen molar-refractivity contribution in [3.63, 3.8) is 0 Å². The van der Waals surface area contributed by atoms with Crippen LogP contribution in [0.5, 0.6) is 0 Å². The van der Waals surface area contributed by atoms with Gasteiger partial charge in [-0.1, -0.05) is 41.9 Å². The van der Waals surface area contributed by atoms with Gasteiger partial charge in [-0.2, -0.15) is 0 Å². The van der Waals surface area contributed by atoms with E-state index in [-0.39, 0.29) is 0 Å². The van der Waals surface area contributed by atoms with Gasteiger partial charge in [0.05, 0.1) is 11.0 Å². The van der Waals surface area contributed by atoms with Crippen LogP contribution in [0.25, 0.3) is 22.4 Å². The number of halogens is 1. The first kappa shape index (κ1) is 13.9. The highest BCUT2D eigenvalue weighted by Crippen LogP contribution is 2.27. The molecule has 1 heterocycles. The Bertz CT molecular complexity index is 788. The maximum absolute atomic E-state index is 6.06. The van der Waals surface area contributed by atoms with Crippen LogP contribution >= 0.6 is 11.6 Å². The Kier molecular flexibility index (Phi) is 3.78. The minimum Gasteiger partial charge on any atom is -0.326 e. The first-order chi connectivity index (χ1) is 10.2. The molecule has 1 aromatic heterocycles. The van der Waals surface area contributed by atoms with Crippen molar-refractivity contribution in [3.05, 3.63) is 65.7 Å². The standard InChI is InChI=1S/C17H16ClN3/c1-2-9-21-16-8-7-14(18)10-15(16)20-17(21)13-5-3-12(11-19)4-6-13/h2-8,10H,1,9,11,19H2. The summed E-state index contributed by atoms with van der Waals surface area (Å²) >= 11 is 6.06. The quantitative estimate of drug-likeness (QED) is 0.740. The average molecular weight is 298 g/mol. The molecule has 0 aliphatic heterocycles. The molecular formula is C17H16ClN3. The van der Waals surface area contributed by atoms with E-state index in [1.807, 2.05) is 48.5 Å². The topological polar surface area (TPSA) is 43.8 Å². The van der Waals surface area contributed by atoms with E-state index in [1.54, 1.807) is 0 Å². The third-order valence-corrected chi connectivity index (χ3v) is 3.70. The number of imidazole rings is 1. The molecule has 106 valence electrons. The Labute approximate surface area is 128 Å². The van der Waals surface area contributed by atoms with Crippen LogP contribution in [0.4, 0.5) is 0 Å². The molecule has 0 amide bonds. The largest absolute Gasteiger partial charge is 0.326 e. The SMILES string of the molecule is C=CCn1c(-c2ccc(CN)cc2)nc2cc(Cl)ccc21. The number of nitrogens with zero attached hydrogens (tertiary/aromatic N) is 2. The molecule has 0 fully saturated rings. The van der Waals surface area contributed by atoms with Crippen LogP contribution in [0.1, 0.15) is 5.56 Å². The van der Waals surface area contributed by atoms with Crippen molar-refractivity contribution >= 4 is 22.6 Å². The number of benzene rings is 2. The van der Waals surface area contributed by atoms with Gasteiger partial charge in [0.2, 0.25) is 0 Å². The van der Waals surface area contributed by atoms with E-state index in [0.717, 1.165) is 28.0 Å². The highest BCUT2D eigenvalue weighted by Gasteiger charge is 2.12. The van der Waals surface area contributed by atoms with E-state index in [4.69, 9.17) is 22.3 Å². The van der Waals surface area contributed by atoms with Gasteiger partial charge in [0.25, 0.3) is 0 Å². The lowest BCUT2D eigenvalue weighted by Gasteiger charge is -2.07. The minimum atomic E-state index is 0.541. The Balaban J connectivity index is 2.19. The molecule has 2 aromatic carbocycles. The zero-order valence-electron chi connectivity index (χ0n) is 11.6. The van der Waals surface area contributed by atoms with Gasteiger partial charge in [-0.3, -0.25) is 0 Å². The number of hydrogen-bond donors (Lipinski definition) is 1. The van der Waals surface area contributed by atoms with E-state index in [1.165, 1.54) is 0 Å². The minimum absolute atomic E-state index is 0.541. The maximum atomic E-state index is 6.06. The van der Waals surface area contributed by atoms with E-state index < -0.39 is 0 Å². The number of allylic oxidation sites excluding steroid dienone is 1. The Morgan fingerprint density at radius 2 is 1.95 bits per heavy atom. The molecule has 0 spiro atoms. The predicted octanol–water partition coefficient (Wildman–Crippen LogP) is 4.00. The van der Waals surface area contributed by atoms with Gasteiger partial charge in [-0.05, 0) is 23.8 Å². The zero-order valence-corrected chi connectivity index (χ0v) is 12.3. The summed E-state index contributed by atoms with van der Waals surface area (Å²) in [6.07, 6.45) is 1.87. The third kappa shape index (κ3) is 2.58. The molecule has 2 N–H and O–H groups in total. The Hall–Kier alpha value is -2.10. The number of nitrogens with two attached hydrogens (primary N) is 1. The lowest BCUT2D eigenvalue weighted by Crippen LogP contribution is -1.99. The zero-order chi connectivity index (χ0) is 14.8. The molecule has 0 aliphatic carbocycles. The fourth-order valence-corrected chi connectivity index (χ4v) is 2.59. The summed E-state index contributed by atoms with van der Waals surface area (Å²) in [6.45, 7) is 5.07. The lowest BCUT2D eigenvalue weighted by molar-refractivity contribution is 0.861. The summed E-state index contributed by atoms with van der Waals surface area (Å²) in [5.74, 6) is 0.913. The second-order valence-corrected chi connectivity index (χ2v) is 5.31. The van der Waals surface area contributed by atoms with Crippen LogP contribution in [0.3, 0.4) is 0 Å². The van der Waals surface area contributed by atoms with Crippen LogP contribution in [-0.2, 0) is 13.1 Å². The van der Waals surface area contributed by atoms with Gasteiger partial charge in [-0.25, -0.2) is 4.98 Å². The second kappa shape index (κ2) is 5.72.